The molecule has 0 saturated carbocycles. The van der Waals surface area contributed by atoms with Crippen LogP contribution in [0.1, 0.15) is 25.0 Å². The molecule has 0 amide bonds. The molecule has 6 aromatic carbocycles. The molecule has 2 aromatic heterocycles. The number of fused-ring (bicyclic) bond motifs is 3. The minimum absolute atomic E-state index is 0.0124. The Kier molecular flexibility index (Phi) is 7.81. The van der Waals surface area contributed by atoms with Crippen molar-refractivity contribution < 1.29 is 17.6 Å². The summed E-state index contributed by atoms with van der Waals surface area (Å²) in [5.74, 6) is -3.40. The molecule has 54 heavy (non-hydrogen) atoms. The van der Waals surface area contributed by atoms with Crippen LogP contribution in [-0.2, 0) is 5.41 Å². The van der Waals surface area contributed by atoms with E-state index in [2.05, 4.69) is 55.1 Å². The maximum Gasteiger partial charge on any atom is 0.199 e. The molecule has 3 heterocycles. The van der Waals surface area contributed by atoms with E-state index in [9.17, 15) is 17.6 Å². The van der Waals surface area contributed by atoms with Crippen molar-refractivity contribution in [3.63, 3.8) is 0 Å². The number of rotatable bonds is 5. The maximum absolute atomic E-state index is 14.5. The van der Waals surface area contributed by atoms with Gasteiger partial charge in [0.15, 0.2) is 11.3 Å². The number of halogens is 4. The fraction of sp³-hybridized carbons (Fsp3) is 0.0667. The van der Waals surface area contributed by atoms with E-state index in [0.29, 0.717) is 11.4 Å². The highest BCUT2D eigenvalue weighted by Gasteiger charge is 2.36. The molecule has 0 atom stereocenters. The predicted octanol–water partition coefficient (Wildman–Crippen LogP) is 11.8. The van der Waals surface area contributed by atoms with Crippen LogP contribution in [0.25, 0.3) is 56.3 Å². The quantitative estimate of drug-likeness (QED) is 0.166. The van der Waals surface area contributed by atoms with Crippen molar-refractivity contribution in [3.05, 3.63) is 174 Å². The number of nitrogens with zero attached hydrogens (tertiary/aromatic N) is 5. The van der Waals surface area contributed by atoms with E-state index in [4.69, 9.17) is 19.9 Å². The summed E-state index contributed by atoms with van der Waals surface area (Å²) in [6, 6.07) is 40.1. The van der Waals surface area contributed by atoms with Crippen molar-refractivity contribution in [2.45, 2.75) is 19.3 Å². The van der Waals surface area contributed by atoms with Gasteiger partial charge < -0.3 is 4.90 Å². The average Bonchev–Trinajstić information content (AvgIpc) is 3.17. The van der Waals surface area contributed by atoms with Crippen molar-refractivity contribution in [1.29, 1.82) is 0 Å². The first kappa shape index (κ1) is 33.1. The Hall–Kier alpha value is -6.74. The molecule has 1 aliphatic rings. The second-order valence-electron chi connectivity index (χ2n) is 13.7. The first-order valence-corrected chi connectivity index (χ1v) is 17.3. The third kappa shape index (κ3) is 5.65. The Labute approximate surface area is 308 Å². The molecule has 5 nitrogen and oxygen atoms in total. The van der Waals surface area contributed by atoms with Gasteiger partial charge >= 0.3 is 0 Å². The van der Waals surface area contributed by atoms with Crippen LogP contribution < -0.4 is 4.90 Å². The Morgan fingerprint density at radius 1 is 0.407 bits per heavy atom. The van der Waals surface area contributed by atoms with E-state index in [-0.39, 0.29) is 39.2 Å². The van der Waals surface area contributed by atoms with Crippen molar-refractivity contribution >= 4 is 28.4 Å². The summed E-state index contributed by atoms with van der Waals surface area (Å²) in [7, 11) is 0. The van der Waals surface area contributed by atoms with E-state index in [1.807, 2.05) is 66.7 Å². The van der Waals surface area contributed by atoms with Gasteiger partial charge in [-0.05, 0) is 59.7 Å². The Morgan fingerprint density at radius 2 is 0.778 bits per heavy atom. The van der Waals surface area contributed by atoms with Crippen LogP contribution in [0.15, 0.2) is 140 Å². The summed E-state index contributed by atoms with van der Waals surface area (Å²) in [4.78, 5) is 21.6. The summed E-state index contributed by atoms with van der Waals surface area (Å²) in [5, 5.41) is 0. The molecule has 0 aliphatic carbocycles. The lowest BCUT2D eigenvalue weighted by atomic mass is 9.73. The zero-order chi connectivity index (χ0) is 37.1. The van der Waals surface area contributed by atoms with Gasteiger partial charge in [0.25, 0.3) is 0 Å². The Balaban J connectivity index is 1.24. The number of hydrogen-bond acceptors (Lipinski definition) is 5. The van der Waals surface area contributed by atoms with E-state index >= 15 is 0 Å². The first-order chi connectivity index (χ1) is 26.1. The van der Waals surface area contributed by atoms with Crippen molar-refractivity contribution in [3.8, 4) is 45.0 Å². The number of hydrogen-bond donors (Lipinski definition) is 0. The summed E-state index contributed by atoms with van der Waals surface area (Å²) in [6.45, 7) is 4.49. The van der Waals surface area contributed by atoms with Crippen molar-refractivity contribution in [2.75, 3.05) is 4.90 Å². The smallest absolute Gasteiger partial charge is 0.199 e. The van der Waals surface area contributed by atoms with Crippen LogP contribution >= 0.6 is 0 Å². The molecular formula is C45H29F4N5. The molecule has 1 aliphatic heterocycles. The minimum atomic E-state index is -0.850. The van der Waals surface area contributed by atoms with Crippen LogP contribution in [0.3, 0.4) is 0 Å². The van der Waals surface area contributed by atoms with Gasteiger partial charge in [0, 0.05) is 45.5 Å². The summed E-state index contributed by atoms with van der Waals surface area (Å²) in [6.07, 6.45) is 0. The van der Waals surface area contributed by atoms with Gasteiger partial charge in [0.1, 0.15) is 23.3 Å². The second-order valence-corrected chi connectivity index (χ2v) is 13.7. The third-order valence-electron chi connectivity index (χ3n) is 9.87. The van der Waals surface area contributed by atoms with Gasteiger partial charge in [0.05, 0.1) is 34.2 Å². The van der Waals surface area contributed by atoms with Crippen LogP contribution in [-0.4, -0.2) is 19.9 Å². The molecule has 262 valence electrons. The summed E-state index contributed by atoms with van der Waals surface area (Å²) >= 11 is 0. The normalized spacial score (nSPS) is 13.1. The van der Waals surface area contributed by atoms with E-state index in [1.54, 1.807) is 0 Å². The lowest BCUT2D eigenvalue weighted by Crippen LogP contribution is -2.30. The topological polar surface area (TPSA) is 54.8 Å². The fourth-order valence-corrected chi connectivity index (χ4v) is 7.38. The van der Waals surface area contributed by atoms with Crippen molar-refractivity contribution in [2.24, 2.45) is 0 Å². The zero-order valence-electron chi connectivity index (χ0n) is 29.0. The fourth-order valence-electron chi connectivity index (χ4n) is 7.38. The molecule has 0 N–H and O–H groups in total. The standard InChI is InChI=1S/C45H29F4N5/c1-45(2)35-12-6-8-14-37(35)54(38-15-9-7-13-36(38)45)34-18-16-27(17-19-34)40-39(26-10-4-3-5-11-26)50-43-44(51-40)53-42(29-22-32(48)25-33(49)23-29)41(52-43)28-20-30(46)24-31(47)21-28/h3-25H,1-2H3. The Bertz CT molecular complexity index is 2660. The molecule has 9 heteroatoms. The van der Waals surface area contributed by atoms with Gasteiger partial charge in [-0.1, -0.05) is 92.7 Å². The molecule has 9 rings (SSSR count). The Morgan fingerprint density at radius 3 is 1.22 bits per heavy atom. The minimum Gasteiger partial charge on any atom is -0.310 e. The lowest BCUT2D eigenvalue weighted by Gasteiger charge is -2.42. The van der Waals surface area contributed by atoms with Gasteiger partial charge in [-0.3, -0.25) is 0 Å². The highest BCUT2D eigenvalue weighted by molar-refractivity contribution is 5.90. The van der Waals surface area contributed by atoms with Crippen LogP contribution in [0.4, 0.5) is 34.6 Å². The average molecular weight is 716 g/mol. The highest BCUT2D eigenvalue weighted by atomic mass is 19.1. The molecule has 0 bridgehead atoms. The lowest BCUT2D eigenvalue weighted by molar-refractivity contribution is 0.583. The molecule has 0 unspecified atom stereocenters. The highest BCUT2D eigenvalue weighted by Crippen LogP contribution is 2.51. The largest absolute Gasteiger partial charge is 0.310 e. The van der Waals surface area contributed by atoms with Gasteiger partial charge in [-0.2, -0.15) is 0 Å². The zero-order valence-corrected chi connectivity index (χ0v) is 29.0. The maximum atomic E-state index is 14.5. The summed E-state index contributed by atoms with van der Waals surface area (Å²) in [5.41, 5.74) is 8.03. The molecule has 8 aromatic rings. The van der Waals surface area contributed by atoms with Gasteiger partial charge in [0.2, 0.25) is 0 Å². The third-order valence-corrected chi connectivity index (χ3v) is 9.87. The molecule has 0 radical (unpaired) electrons. The number of para-hydroxylation sites is 2. The van der Waals surface area contributed by atoms with E-state index < -0.39 is 23.3 Å². The van der Waals surface area contributed by atoms with Crippen LogP contribution in [0.2, 0.25) is 0 Å². The SMILES string of the molecule is CC1(C)c2ccccc2N(c2ccc(-c3nc4nc(-c5cc(F)cc(F)c5)c(-c5cc(F)cc(F)c5)nc4nc3-c3ccccc3)cc2)c2ccccc21. The van der Waals surface area contributed by atoms with Crippen LogP contribution in [0.5, 0.6) is 0 Å². The van der Waals surface area contributed by atoms with Gasteiger partial charge in [-0.25, -0.2) is 37.5 Å². The van der Waals surface area contributed by atoms with Gasteiger partial charge in [-0.15, -0.1) is 0 Å². The molecule has 0 spiro atoms. The first-order valence-electron chi connectivity index (χ1n) is 17.3. The number of anilines is 3. The summed E-state index contributed by atoms with van der Waals surface area (Å²) < 4.78 is 58.1. The molecular weight excluding hydrogens is 687 g/mol. The second kappa shape index (κ2) is 12.7. The molecule has 0 saturated heterocycles. The van der Waals surface area contributed by atoms with E-state index in [1.165, 1.54) is 11.1 Å². The van der Waals surface area contributed by atoms with Crippen molar-refractivity contribution in [1.82, 2.24) is 19.9 Å². The molecule has 0 fully saturated rings. The number of benzene rings is 6. The number of aromatic nitrogens is 4. The monoisotopic (exact) mass is 715 g/mol. The predicted molar refractivity (Wildman–Crippen MR) is 204 cm³/mol. The van der Waals surface area contributed by atoms with E-state index in [0.717, 1.165) is 64.6 Å². The van der Waals surface area contributed by atoms with Crippen LogP contribution in [0, 0.1) is 23.3 Å².